The van der Waals surface area contributed by atoms with Crippen LogP contribution in [-0.4, -0.2) is 37.6 Å². The minimum Gasteiger partial charge on any atom is -0.340 e. The molecule has 0 spiro atoms. The fraction of sp³-hybridized carbons (Fsp3) is 0.412. The Hall–Kier alpha value is -2.06. The average molecular weight is 376 g/mol. The summed E-state index contributed by atoms with van der Waals surface area (Å²) in [5.41, 5.74) is 0.921. The van der Waals surface area contributed by atoms with Crippen LogP contribution in [-0.2, 0) is 17.9 Å². The SMILES string of the molecule is Cc1nc(C)n(CC(C)C(=O)N(C)Cc2csc(-c3cccs3)n2)n1. The van der Waals surface area contributed by atoms with Gasteiger partial charge in [0.05, 0.1) is 29.6 Å². The van der Waals surface area contributed by atoms with Gasteiger partial charge < -0.3 is 4.90 Å². The number of hydrogen-bond acceptors (Lipinski definition) is 6. The molecule has 0 radical (unpaired) electrons. The van der Waals surface area contributed by atoms with Crippen molar-refractivity contribution in [3.63, 3.8) is 0 Å². The molecule has 1 atom stereocenters. The summed E-state index contributed by atoms with van der Waals surface area (Å²) in [6, 6.07) is 4.08. The fourth-order valence-corrected chi connectivity index (χ4v) is 4.29. The Morgan fingerprint density at radius 3 is 2.76 bits per heavy atom. The summed E-state index contributed by atoms with van der Waals surface area (Å²) >= 11 is 3.29. The van der Waals surface area contributed by atoms with Crippen molar-refractivity contribution < 1.29 is 4.79 Å². The molecule has 132 valence electrons. The summed E-state index contributed by atoms with van der Waals surface area (Å²) in [6.45, 7) is 6.74. The van der Waals surface area contributed by atoms with Crippen LogP contribution in [0.25, 0.3) is 9.88 Å². The first kappa shape index (κ1) is 17.8. The molecule has 3 rings (SSSR count). The predicted molar refractivity (Wildman–Crippen MR) is 101 cm³/mol. The van der Waals surface area contributed by atoms with Gasteiger partial charge in [-0.25, -0.2) is 14.6 Å². The number of thiophene rings is 1. The molecule has 0 aromatic carbocycles. The Morgan fingerprint density at radius 1 is 1.32 bits per heavy atom. The van der Waals surface area contributed by atoms with Gasteiger partial charge in [0.25, 0.3) is 0 Å². The van der Waals surface area contributed by atoms with Gasteiger partial charge in [0, 0.05) is 12.4 Å². The van der Waals surface area contributed by atoms with Gasteiger partial charge in [-0.1, -0.05) is 13.0 Å². The van der Waals surface area contributed by atoms with E-state index in [4.69, 9.17) is 0 Å². The number of amides is 1. The first-order chi connectivity index (χ1) is 11.9. The van der Waals surface area contributed by atoms with Crippen LogP contribution in [0.4, 0.5) is 0 Å². The van der Waals surface area contributed by atoms with Crippen molar-refractivity contribution in [2.45, 2.75) is 33.9 Å². The van der Waals surface area contributed by atoms with Crippen molar-refractivity contribution in [3.05, 3.63) is 40.2 Å². The number of carbonyl (C=O) groups is 1. The first-order valence-corrected chi connectivity index (χ1v) is 9.81. The molecule has 0 aliphatic rings. The zero-order chi connectivity index (χ0) is 18.0. The van der Waals surface area contributed by atoms with Crippen LogP contribution in [0.15, 0.2) is 22.9 Å². The van der Waals surface area contributed by atoms with Gasteiger partial charge in [0.15, 0.2) is 0 Å². The van der Waals surface area contributed by atoms with Crippen molar-refractivity contribution in [1.82, 2.24) is 24.6 Å². The summed E-state index contributed by atoms with van der Waals surface area (Å²) < 4.78 is 1.80. The maximum atomic E-state index is 12.6. The van der Waals surface area contributed by atoms with E-state index in [0.717, 1.165) is 27.2 Å². The molecule has 0 fully saturated rings. The highest BCUT2D eigenvalue weighted by Gasteiger charge is 2.20. The molecule has 8 heteroatoms. The van der Waals surface area contributed by atoms with E-state index in [0.29, 0.717) is 13.1 Å². The molecule has 0 N–H and O–H groups in total. The summed E-state index contributed by atoms with van der Waals surface area (Å²) in [5.74, 6) is 1.48. The standard InChI is InChI=1S/C17H21N5OS2/c1-11(8-22-13(3)18-12(2)20-22)17(23)21(4)9-14-10-25-16(19-14)15-6-5-7-24-15/h5-7,10-11H,8-9H2,1-4H3. The Labute approximate surface area is 155 Å². The number of carbonyl (C=O) groups excluding carboxylic acids is 1. The zero-order valence-corrected chi connectivity index (χ0v) is 16.4. The van der Waals surface area contributed by atoms with Crippen LogP contribution in [0.5, 0.6) is 0 Å². The Kier molecular flexibility index (Phi) is 5.29. The lowest BCUT2D eigenvalue weighted by atomic mass is 10.1. The summed E-state index contributed by atoms with van der Waals surface area (Å²) in [4.78, 5) is 24.5. The maximum absolute atomic E-state index is 12.6. The highest BCUT2D eigenvalue weighted by molar-refractivity contribution is 7.20. The Balaban J connectivity index is 1.61. The van der Waals surface area contributed by atoms with E-state index in [9.17, 15) is 4.79 Å². The van der Waals surface area contributed by atoms with E-state index < -0.39 is 0 Å². The Bertz CT molecular complexity index is 852. The minimum atomic E-state index is -0.166. The van der Waals surface area contributed by atoms with Gasteiger partial charge in [-0.3, -0.25) is 4.79 Å². The molecule has 1 unspecified atom stereocenters. The predicted octanol–water partition coefficient (Wildman–Crippen LogP) is 3.37. The molecule has 0 aliphatic heterocycles. The molecule has 3 aromatic heterocycles. The molecule has 0 bridgehead atoms. The zero-order valence-electron chi connectivity index (χ0n) is 14.8. The van der Waals surface area contributed by atoms with Crippen molar-refractivity contribution in [2.24, 2.45) is 5.92 Å². The number of hydrogen-bond donors (Lipinski definition) is 0. The molecule has 3 heterocycles. The van der Waals surface area contributed by atoms with Crippen LogP contribution >= 0.6 is 22.7 Å². The van der Waals surface area contributed by atoms with Gasteiger partial charge in [-0.05, 0) is 25.3 Å². The molecule has 25 heavy (non-hydrogen) atoms. The monoisotopic (exact) mass is 375 g/mol. The third-order valence-corrected chi connectivity index (χ3v) is 5.82. The molecular formula is C17H21N5OS2. The van der Waals surface area contributed by atoms with Crippen LogP contribution in [0.2, 0.25) is 0 Å². The lowest BCUT2D eigenvalue weighted by Crippen LogP contribution is -2.33. The topological polar surface area (TPSA) is 63.9 Å². The van der Waals surface area contributed by atoms with Gasteiger partial charge in [0.1, 0.15) is 16.7 Å². The van der Waals surface area contributed by atoms with Crippen LogP contribution < -0.4 is 0 Å². The molecule has 6 nitrogen and oxygen atoms in total. The van der Waals surface area contributed by atoms with Crippen LogP contribution in [0.3, 0.4) is 0 Å². The van der Waals surface area contributed by atoms with Crippen molar-refractivity contribution in [3.8, 4) is 9.88 Å². The van der Waals surface area contributed by atoms with E-state index in [-0.39, 0.29) is 11.8 Å². The van der Waals surface area contributed by atoms with E-state index in [2.05, 4.69) is 21.1 Å². The van der Waals surface area contributed by atoms with E-state index in [1.807, 2.05) is 44.6 Å². The quantitative estimate of drug-likeness (QED) is 0.663. The van der Waals surface area contributed by atoms with Gasteiger partial charge in [-0.15, -0.1) is 22.7 Å². The Morgan fingerprint density at radius 2 is 2.12 bits per heavy atom. The van der Waals surface area contributed by atoms with Crippen molar-refractivity contribution in [2.75, 3.05) is 7.05 Å². The van der Waals surface area contributed by atoms with Crippen LogP contribution in [0, 0.1) is 19.8 Å². The van der Waals surface area contributed by atoms with Gasteiger partial charge in [-0.2, -0.15) is 5.10 Å². The number of thiazole rings is 1. The lowest BCUT2D eigenvalue weighted by molar-refractivity contribution is -0.134. The summed E-state index contributed by atoms with van der Waals surface area (Å²) in [5, 5.41) is 9.41. The van der Waals surface area contributed by atoms with E-state index in [1.54, 1.807) is 32.3 Å². The largest absolute Gasteiger partial charge is 0.340 e. The molecule has 0 saturated heterocycles. The van der Waals surface area contributed by atoms with E-state index in [1.165, 1.54) is 0 Å². The second kappa shape index (κ2) is 7.45. The third-order valence-electron chi connectivity index (χ3n) is 3.89. The van der Waals surface area contributed by atoms with Gasteiger partial charge >= 0.3 is 0 Å². The minimum absolute atomic E-state index is 0.0817. The lowest BCUT2D eigenvalue weighted by Gasteiger charge is -2.20. The second-order valence-electron chi connectivity index (χ2n) is 6.10. The van der Waals surface area contributed by atoms with Gasteiger partial charge in [0.2, 0.25) is 5.91 Å². The fourth-order valence-electron chi connectivity index (χ4n) is 2.66. The molecule has 1 amide bonds. The molecule has 3 aromatic rings. The second-order valence-corrected chi connectivity index (χ2v) is 7.91. The highest BCUT2D eigenvalue weighted by Crippen LogP contribution is 2.28. The van der Waals surface area contributed by atoms with E-state index >= 15 is 0 Å². The normalized spacial score (nSPS) is 12.3. The molecule has 0 aliphatic carbocycles. The van der Waals surface area contributed by atoms with Crippen molar-refractivity contribution in [1.29, 1.82) is 0 Å². The summed E-state index contributed by atoms with van der Waals surface area (Å²) in [6.07, 6.45) is 0. The number of nitrogens with zero attached hydrogens (tertiary/aromatic N) is 5. The molecule has 0 saturated carbocycles. The first-order valence-electron chi connectivity index (χ1n) is 8.05. The van der Waals surface area contributed by atoms with Crippen molar-refractivity contribution >= 4 is 28.6 Å². The van der Waals surface area contributed by atoms with Crippen LogP contribution in [0.1, 0.15) is 24.3 Å². The smallest absolute Gasteiger partial charge is 0.227 e. The highest BCUT2D eigenvalue weighted by atomic mass is 32.1. The number of rotatable bonds is 6. The summed E-state index contributed by atoms with van der Waals surface area (Å²) in [7, 11) is 1.82. The average Bonchev–Trinajstić information content (AvgIpc) is 3.28. The third kappa shape index (κ3) is 4.13. The molecular weight excluding hydrogens is 354 g/mol. The number of aromatic nitrogens is 4. The maximum Gasteiger partial charge on any atom is 0.227 e. The number of aryl methyl sites for hydroxylation is 2.